The zero-order chi connectivity index (χ0) is 9.97. The van der Waals surface area contributed by atoms with Crippen LogP contribution in [0.2, 0.25) is 0 Å². The standard InChI is InChI=1S/C10H10O2S2/c1-12-10-5-4-9(14-10)8-3-2-7(6-11)13-8/h2-5,11H,6H2,1H3. The highest BCUT2D eigenvalue weighted by molar-refractivity contribution is 7.23. The lowest BCUT2D eigenvalue weighted by atomic mass is 10.4. The van der Waals surface area contributed by atoms with Gasteiger partial charge in [-0.2, -0.15) is 0 Å². The van der Waals surface area contributed by atoms with Crippen molar-refractivity contribution in [1.82, 2.24) is 0 Å². The van der Waals surface area contributed by atoms with E-state index in [-0.39, 0.29) is 6.61 Å². The zero-order valence-corrected chi connectivity index (χ0v) is 9.32. The number of aliphatic hydroxyl groups excluding tert-OH is 1. The van der Waals surface area contributed by atoms with E-state index < -0.39 is 0 Å². The molecule has 0 amide bonds. The van der Waals surface area contributed by atoms with Crippen molar-refractivity contribution in [3.05, 3.63) is 29.1 Å². The lowest BCUT2D eigenvalue weighted by Gasteiger charge is -1.90. The SMILES string of the molecule is COc1ccc(-c2ccc(CO)s2)s1. The highest BCUT2D eigenvalue weighted by Gasteiger charge is 2.05. The van der Waals surface area contributed by atoms with Crippen molar-refractivity contribution in [1.29, 1.82) is 0 Å². The fraction of sp³-hybridized carbons (Fsp3) is 0.200. The summed E-state index contributed by atoms with van der Waals surface area (Å²) in [5, 5.41) is 9.85. The zero-order valence-electron chi connectivity index (χ0n) is 7.69. The summed E-state index contributed by atoms with van der Waals surface area (Å²) in [7, 11) is 1.67. The maximum absolute atomic E-state index is 8.94. The minimum Gasteiger partial charge on any atom is -0.487 e. The summed E-state index contributed by atoms with van der Waals surface area (Å²) in [4.78, 5) is 3.36. The molecule has 74 valence electrons. The van der Waals surface area contributed by atoms with Crippen LogP contribution < -0.4 is 4.74 Å². The smallest absolute Gasteiger partial charge is 0.173 e. The van der Waals surface area contributed by atoms with E-state index in [9.17, 15) is 0 Å². The summed E-state index contributed by atoms with van der Waals surface area (Å²) >= 11 is 3.23. The van der Waals surface area contributed by atoms with Gasteiger partial charge in [-0.05, 0) is 24.3 Å². The highest BCUT2D eigenvalue weighted by Crippen LogP contribution is 2.36. The molecule has 4 heteroatoms. The molecule has 2 aromatic heterocycles. The van der Waals surface area contributed by atoms with E-state index in [1.54, 1.807) is 29.8 Å². The molecule has 0 atom stereocenters. The van der Waals surface area contributed by atoms with Crippen molar-refractivity contribution < 1.29 is 9.84 Å². The van der Waals surface area contributed by atoms with Crippen LogP contribution in [0.5, 0.6) is 5.06 Å². The average molecular weight is 226 g/mol. The lowest BCUT2D eigenvalue weighted by molar-refractivity contribution is 0.285. The predicted molar refractivity (Wildman–Crippen MR) is 60.1 cm³/mol. The number of hydrogen-bond acceptors (Lipinski definition) is 4. The first-order valence-corrected chi connectivity index (χ1v) is 5.80. The molecule has 0 aliphatic heterocycles. The van der Waals surface area contributed by atoms with E-state index in [2.05, 4.69) is 0 Å². The molecule has 0 bridgehead atoms. The number of thiophene rings is 2. The second-order valence-electron chi connectivity index (χ2n) is 2.75. The Hall–Kier alpha value is -0.840. The Balaban J connectivity index is 2.29. The third kappa shape index (κ3) is 1.82. The van der Waals surface area contributed by atoms with Crippen LogP contribution in [0.4, 0.5) is 0 Å². The van der Waals surface area contributed by atoms with Crippen LogP contribution in [0.15, 0.2) is 24.3 Å². The molecule has 0 saturated heterocycles. The van der Waals surface area contributed by atoms with Gasteiger partial charge < -0.3 is 9.84 Å². The number of rotatable bonds is 3. The van der Waals surface area contributed by atoms with Gasteiger partial charge in [0.2, 0.25) is 0 Å². The van der Waals surface area contributed by atoms with Crippen LogP contribution in [0, 0.1) is 0 Å². The van der Waals surface area contributed by atoms with E-state index in [1.807, 2.05) is 24.3 Å². The molecule has 14 heavy (non-hydrogen) atoms. The number of hydrogen-bond donors (Lipinski definition) is 1. The Bertz CT molecular complexity index is 377. The number of ether oxygens (including phenoxy) is 1. The normalized spacial score (nSPS) is 10.4. The second-order valence-corrected chi connectivity index (χ2v) is 4.96. The molecule has 2 aromatic rings. The topological polar surface area (TPSA) is 29.5 Å². The Kier molecular flexibility index (Phi) is 2.86. The summed E-state index contributed by atoms with van der Waals surface area (Å²) in [6.07, 6.45) is 0. The third-order valence-electron chi connectivity index (χ3n) is 1.84. The molecule has 0 aromatic carbocycles. The van der Waals surface area contributed by atoms with Gasteiger partial charge in [0.15, 0.2) is 5.06 Å². The maximum Gasteiger partial charge on any atom is 0.173 e. The van der Waals surface area contributed by atoms with Crippen LogP contribution in [0.25, 0.3) is 9.75 Å². The van der Waals surface area contributed by atoms with Gasteiger partial charge in [-0.1, -0.05) is 11.3 Å². The molecule has 0 radical (unpaired) electrons. The van der Waals surface area contributed by atoms with Gasteiger partial charge in [-0.15, -0.1) is 11.3 Å². The van der Waals surface area contributed by atoms with E-state index in [1.165, 1.54) is 9.75 Å². The molecule has 0 fully saturated rings. The van der Waals surface area contributed by atoms with E-state index in [0.29, 0.717) is 0 Å². The Labute approximate surface area is 90.4 Å². The van der Waals surface area contributed by atoms with Crippen molar-refractivity contribution in [3.8, 4) is 14.8 Å². The van der Waals surface area contributed by atoms with Crippen LogP contribution >= 0.6 is 22.7 Å². The first-order valence-electron chi connectivity index (χ1n) is 4.17. The molecular weight excluding hydrogens is 216 g/mol. The largest absolute Gasteiger partial charge is 0.487 e. The summed E-state index contributed by atoms with van der Waals surface area (Å²) in [6.45, 7) is 0.118. The Morgan fingerprint density at radius 1 is 1.14 bits per heavy atom. The minimum absolute atomic E-state index is 0.118. The van der Waals surface area contributed by atoms with Gasteiger partial charge in [0.05, 0.1) is 13.7 Å². The molecule has 0 unspecified atom stereocenters. The first kappa shape index (κ1) is 9.71. The van der Waals surface area contributed by atoms with Gasteiger partial charge in [0, 0.05) is 14.6 Å². The summed E-state index contributed by atoms with van der Waals surface area (Å²) < 4.78 is 5.12. The molecule has 2 heterocycles. The quantitative estimate of drug-likeness (QED) is 0.871. The first-order chi connectivity index (χ1) is 6.83. The number of aliphatic hydroxyl groups is 1. The highest BCUT2D eigenvalue weighted by atomic mass is 32.1. The Morgan fingerprint density at radius 2 is 1.86 bits per heavy atom. The third-order valence-corrected chi connectivity index (χ3v) is 4.16. The van der Waals surface area contributed by atoms with Crippen LogP contribution in [-0.4, -0.2) is 12.2 Å². The second kappa shape index (κ2) is 4.13. The summed E-state index contributed by atoms with van der Waals surface area (Å²) in [5.41, 5.74) is 0. The fourth-order valence-electron chi connectivity index (χ4n) is 1.16. The van der Waals surface area contributed by atoms with Crippen LogP contribution in [0.3, 0.4) is 0 Å². The predicted octanol–water partition coefficient (Wildman–Crippen LogP) is 2.98. The molecule has 0 aliphatic rings. The van der Waals surface area contributed by atoms with E-state index >= 15 is 0 Å². The number of methoxy groups -OCH3 is 1. The van der Waals surface area contributed by atoms with E-state index in [0.717, 1.165) is 9.94 Å². The molecule has 0 spiro atoms. The summed E-state index contributed by atoms with van der Waals surface area (Å²) in [6, 6.07) is 7.97. The van der Waals surface area contributed by atoms with E-state index in [4.69, 9.17) is 9.84 Å². The van der Waals surface area contributed by atoms with Crippen LogP contribution in [0.1, 0.15) is 4.88 Å². The lowest BCUT2D eigenvalue weighted by Crippen LogP contribution is -1.73. The van der Waals surface area contributed by atoms with Crippen molar-refractivity contribution >= 4 is 22.7 Å². The van der Waals surface area contributed by atoms with Crippen molar-refractivity contribution in [3.63, 3.8) is 0 Å². The molecule has 1 N–H and O–H groups in total. The average Bonchev–Trinajstić information content (AvgIpc) is 2.86. The molecular formula is C10H10O2S2. The fourth-order valence-corrected chi connectivity index (χ4v) is 2.94. The maximum atomic E-state index is 8.94. The molecule has 0 aliphatic carbocycles. The van der Waals surface area contributed by atoms with Gasteiger partial charge in [-0.3, -0.25) is 0 Å². The minimum atomic E-state index is 0.118. The van der Waals surface area contributed by atoms with Crippen molar-refractivity contribution in [2.45, 2.75) is 6.61 Å². The Morgan fingerprint density at radius 3 is 2.43 bits per heavy atom. The van der Waals surface area contributed by atoms with Gasteiger partial charge in [0.1, 0.15) is 0 Å². The molecule has 2 rings (SSSR count). The molecule has 2 nitrogen and oxygen atoms in total. The van der Waals surface area contributed by atoms with Gasteiger partial charge in [-0.25, -0.2) is 0 Å². The monoisotopic (exact) mass is 226 g/mol. The van der Waals surface area contributed by atoms with Crippen molar-refractivity contribution in [2.24, 2.45) is 0 Å². The van der Waals surface area contributed by atoms with Crippen LogP contribution in [-0.2, 0) is 6.61 Å². The van der Waals surface area contributed by atoms with Gasteiger partial charge in [0.25, 0.3) is 0 Å². The van der Waals surface area contributed by atoms with Gasteiger partial charge >= 0.3 is 0 Å². The van der Waals surface area contributed by atoms with Crippen molar-refractivity contribution in [2.75, 3.05) is 7.11 Å². The summed E-state index contributed by atoms with van der Waals surface area (Å²) in [5.74, 6) is 0. The molecule has 0 saturated carbocycles.